The molecule has 0 saturated heterocycles. The average Bonchev–Trinajstić information content (AvgIpc) is 3.50. The molecule has 1 aliphatic rings. The molecule has 0 saturated carbocycles. The number of halogens is 1. The predicted octanol–water partition coefficient (Wildman–Crippen LogP) is 5.06. The minimum absolute atomic E-state index is 0.130. The van der Waals surface area contributed by atoms with Crippen molar-refractivity contribution in [1.82, 2.24) is 14.8 Å². The number of aromatic nitrogens is 3. The van der Waals surface area contributed by atoms with Gasteiger partial charge in [0, 0.05) is 17.3 Å². The van der Waals surface area contributed by atoms with E-state index in [9.17, 15) is 4.79 Å². The van der Waals surface area contributed by atoms with E-state index in [1.165, 1.54) is 11.8 Å². The normalized spacial score (nSPS) is 11.9. The van der Waals surface area contributed by atoms with Gasteiger partial charge in [0.25, 0.3) is 0 Å². The van der Waals surface area contributed by atoms with Crippen LogP contribution in [0.5, 0.6) is 17.2 Å². The van der Waals surface area contributed by atoms with Crippen LogP contribution in [-0.4, -0.2) is 40.3 Å². The summed E-state index contributed by atoms with van der Waals surface area (Å²) >= 11 is 7.66. The van der Waals surface area contributed by atoms with Crippen molar-refractivity contribution < 1.29 is 19.0 Å². The van der Waals surface area contributed by atoms with Gasteiger partial charge in [0.15, 0.2) is 22.5 Å². The van der Waals surface area contributed by atoms with Gasteiger partial charge in [-0.15, -0.1) is 10.2 Å². The molecule has 2 heterocycles. The maximum Gasteiger partial charge on any atom is 0.234 e. The van der Waals surface area contributed by atoms with Crippen molar-refractivity contribution in [2.75, 3.05) is 25.0 Å². The molecule has 8 nitrogen and oxygen atoms in total. The summed E-state index contributed by atoms with van der Waals surface area (Å²) in [5.41, 5.74) is 2.27. The van der Waals surface area contributed by atoms with E-state index in [1.807, 2.05) is 41.0 Å². The van der Waals surface area contributed by atoms with E-state index in [0.29, 0.717) is 38.9 Å². The Morgan fingerprint density at radius 2 is 1.91 bits per heavy atom. The summed E-state index contributed by atoms with van der Waals surface area (Å²) < 4.78 is 17.8. The fraction of sp³-hybridized carbons (Fsp3) is 0.125. The molecule has 0 bridgehead atoms. The van der Waals surface area contributed by atoms with Crippen molar-refractivity contribution in [3.05, 3.63) is 71.8 Å². The second-order valence-electron chi connectivity index (χ2n) is 7.23. The Hall–Kier alpha value is -3.69. The third-order valence-corrected chi connectivity index (χ3v) is 6.27. The smallest absolute Gasteiger partial charge is 0.234 e. The van der Waals surface area contributed by atoms with E-state index in [4.69, 9.17) is 25.8 Å². The summed E-state index contributed by atoms with van der Waals surface area (Å²) in [5.74, 6) is 2.41. The number of carbonyl (C=O) groups excluding carboxylic acids is 1. The fourth-order valence-electron chi connectivity index (χ4n) is 3.47. The lowest BCUT2D eigenvalue weighted by Crippen LogP contribution is -2.14. The number of ether oxygens (including phenoxy) is 3. The number of hydrogen-bond donors (Lipinski definition) is 1. The molecule has 0 atom stereocenters. The van der Waals surface area contributed by atoms with Crippen LogP contribution in [0.25, 0.3) is 17.1 Å². The number of hydrogen-bond acceptors (Lipinski definition) is 7. The van der Waals surface area contributed by atoms with Crippen molar-refractivity contribution in [1.29, 1.82) is 0 Å². The van der Waals surface area contributed by atoms with E-state index < -0.39 is 0 Å². The van der Waals surface area contributed by atoms with Gasteiger partial charge in [0.05, 0.1) is 23.6 Å². The van der Waals surface area contributed by atoms with Gasteiger partial charge in [0.2, 0.25) is 12.7 Å². The van der Waals surface area contributed by atoms with Crippen molar-refractivity contribution >= 4 is 35.0 Å². The second kappa shape index (κ2) is 9.66. The summed E-state index contributed by atoms with van der Waals surface area (Å²) in [6.45, 7) is 0.178. The van der Waals surface area contributed by atoms with Crippen LogP contribution in [0.1, 0.15) is 0 Å². The highest BCUT2D eigenvalue weighted by Gasteiger charge is 2.19. The van der Waals surface area contributed by atoms with E-state index in [-0.39, 0.29) is 18.5 Å². The first-order valence-electron chi connectivity index (χ1n) is 10.3. The van der Waals surface area contributed by atoms with Crippen LogP contribution in [0.2, 0.25) is 5.02 Å². The number of thioether (sulfide) groups is 1. The van der Waals surface area contributed by atoms with Crippen LogP contribution >= 0.6 is 23.4 Å². The molecule has 0 aliphatic carbocycles. The summed E-state index contributed by atoms with van der Waals surface area (Å²) in [4.78, 5) is 12.6. The van der Waals surface area contributed by atoms with Gasteiger partial charge < -0.3 is 19.5 Å². The zero-order chi connectivity index (χ0) is 23.5. The molecule has 0 fully saturated rings. The quantitative estimate of drug-likeness (QED) is 0.359. The Kier molecular flexibility index (Phi) is 6.29. The van der Waals surface area contributed by atoms with Crippen LogP contribution in [0.3, 0.4) is 0 Å². The molecule has 1 amide bonds. The van der Waals surface area contributed by atoms with Crippen LogP contribution < -0.4 is 19.5 Å². The largest absolute Gasteiger partial charge is 0.495 e. The SMILES string of the molecule is COc1ccc(-n2c(SCC(=O)Nc3ccc4c(c3)OCO4)nnc2-c2ccccc2)cc1Cl. The molecule has 0 unspecified atom stereocenters. The Morgan fingerprint density at radius 1 is 1.09 bits per heavy atom. The Labute approximate surface area is 204 Å². The summed E-state index contributed by atoms with van der Waals surface area (Å²) in [6, 6.07) is 20.4. The van der Waals surface area contributed by atoms with Crippen LogP contribution in [0.15, 0.2) is 71.9 Å². The van der Waals surface area contributed by atoms with Gasteiger partial charge >= 0.3 is 0 Å². The molecular weight excluding hydrogens is 476 g/mol. The van der Waals surface area contributed by atoms with E-state index in [2.05, 4.69) is 15.5 Å². The Balaban J connectivity index is 1.39. The van der Waals surface area contributed by atoms with Gasteiger partial charge in [-0.25, -0.2) is 0 Å². The standard InChI is InChI=1S/C24H19ClN4O4S/c1-31-19-10-8-17(12-18(19)25)29-23(15-5-3-2-4-6-15)27-28-24(29)34-13-22(30)26-16-7-9-20-21(11-16)33-14-32-20/h2-12H,13-14H2,1H3,(H,26,30). The van der Waals surface area contributed by atoms with E-state index in [0.717, 1.165) is 11.3 Å². The van der Waals surface area contributed by atoms with Crippen molar-refractivity contribution in [3.63, 3.8) is 0 Å². The van der Waals surface area contributed by atoms with Gasteiger partial charge in [-0.3, -0.25) is 9.36 Å². The molecule has 1 aliphatic heterocycles. The van der Waals surface area contributed by atoms with Gasteiger partial charge in [0.1, 0.15) is 5.75 Å². The van der Waals surface area contributed by atoms with Gasteiger partial charge in [-0.1, -0.05) is 53.7 Å². The van der Waals surface area contributed by atoms with Crippen LogP contribution in [0, 0.1) is 0 Å². The number of rotatable bonds is 7. The zero-order valence-electron chi connectivity index (χ0n) is 18.0. The third kappa shape index (κ3) is 4.52. The molecular formula is C24H19ClN4O4S. The zero-order valence-corrected chi connectivity index (χ0v) is 19.6. The molecule has 1 aromatic heterocycles. The predicted molar refractivity (Wildman–Crippen MR) is 130 cm³/mol. The fourth-order valence-corrected chi connectivity index (χ4v) is 4.47. The molecule has 5 rings (SSSR count). The minimum Gasteiger partial charge on any atom is -0.495 e. The summed E-state index contributed by atoms with van der Waals surface area (Å²) in [6.07, 6.45) is 0. The summed E-state index contributed by atoms with van der Waals surface area (Å²) in [5, 5.41) is 12.6. The molecule has 0 radical (unpaired) electrons. The first-order valence-corrected chi connectivity index (χ1v) is 11.7. The summed E-state index contributed by atoms with van der Waals surface area (Å²) in [7, 11) is 1.56. The Morgan fingerprint density at radius 3 is 2.71 bits per heavy atom. The van der Waals surface area contributed by atoms with Crippen molar-refractivity contribution in [2.24, 2.45) is 0 Å². The van der Waals surface area contributed by atoms with Crippen molar-refractivity contribution in [3.8, 4) is 34.3 Å². The number of benzene rings is 3. The lowest BCUT2D eigenvalue weighted by molar-refractivity contribution is -0.113. The third-order valence-electron chi connectivity index (χ3n) is 5.05. The first kappa shape index (κ1) is 22.1. The van der Waals surface area contributed by atoms with E-state index in [1.54, 1.807) is 37.4 Å². The molecule has 10 heteroatoms. The monoisotopic (exact) mass is 494 g/mol. The molecule has 34 heavy (non-hydrogen) atoms. The number of amides is 1. The van der Waals surface area contributed by atoms with Crippen molar-refractivity contribution in [2.45, 2.75) is 5.16 Å². The number of nitrogens with one attached hydrogen (secondary N) is 1. The second-order valence-corrected chi connectivity index (χ2v) is 8.58. The molecule has 172 valence electrons. The number of carbonyl (C=O) groups is 1. The molecule has 1 N–H and O–H groups in total. The molecule has 0 spiro atoms. The number of methoxy groups -OCH3 is 1. The highest BCUT2D eigenvalue weighted by Crippen LogP contribution is 2.35. The molecule has 4 aromatic rings. The number of nitrogens with zero attached hydrogens (tertiary/aromatic N) is 3. The van der Waals surface area contributed by atoms with Crippen LogP contribution in [0.4, 0.5) is 5.69 Å². The maximum atomic E-state index is 12.6. The van der Waals surface area contributed by atoms with E-state index >= 15 is 0 Å². The van der Waals surface area contributed by atoms with Gasteiger partial charge in [-0.05, 0) is 30.3 Å². The lowest BCUT2D eigenvalue weighted by atomic mass is 10.2. The highest BCUT2D eigenvalue weighted by molar-refractivity contribution is 7.99. The number of anilines is 1. The average molecular weight is 495 g/mol. The molecule has 3 aromatic carbocycles. The van der Waals surface area contributed by atoms with Crippen LogP contribution in [-0.2, 0) is 4.79 Å². The highest BCUT2D eigenvalue weighted by atomic mass is 35.5. The number of fused-ring (bicyclic) bond motifs is 1. The Bertz CT molecular complexity index is 1350. The lowest BCUT2D eigenvalue weighted by Gasteiger charge is -2.12. The van der Waals surface area contributed by atoms with Gasteiger partial charge in [-0.2, -0.15) is 0 Å². The maximum absolute atomic E-state index is 12.6. The minimum atomic E-state index is -0.188. The topological polar surface area (TPSA) is 87.5 Å². The first-order chi connectivity index (χ1) is 16.6.